The van der Waals surface area contributed by atoms with Gasteiger partial charge in [0.2, 0.25) is 11.8 Å². The van der Waals surface area contributed by atoms with E-state index in [-0.39, 0.29) is 18.7 Å². The number of rotatable bonds is 2. The number of carboxylic acids is 1. The Morgan fingerprint density at radius 1 is 1.29 bits per heavy atom. The molecule has 0 aliphatic carbocycles. The summed E-state index contributed by atoms with van der Waals surface area (Å²) in [4.78, 5) is 47.7. The van der Waals surface area contributed by atoms with Gasteiger partial charge in [-0.05, 0) is 26.2 Å². The van der Waals surface area contributed by atoms with Crippen molar-refractivity contribution in [3.05, 3.63) is 0 Å². The highest BCUT2D eigenvalue weighted by atomic mass is 16.4. The molecule has 0 spiro atoms. The van der Waals surface area contributed by atoms with Gasteiger partial charge in [0.25, 0.3) is 0 Å². The van der Waals surface area contributed by atoms with Crippen LogP contribution < -0.4 is 10.6 Å². The second kappa shape index (κ2) is 5.71. The lowest BCUT2D eigenvalue weighted by Crippen LogP contribution is -2.53. The third-order valence-electron chi connectivity index (χ3n) is 4.21. The largest absolute Gasteiger partial charge is 0.481 e. The predicted molar refractivity (Wildman–Crippen MR) is 71.3 cm³/mol. The first-order chi connectivity index (χ1) is 9.82. The molecule has 8 heteroatoms. The molecule has 0 unspecified atom stereocenters. The Balaban J connectivity index is 1.97. The van der Waals surface area contributed by atoms with Crippen molar-refractivity contribution in [1.82, 2.24) is 15.5 Å². The van der Waals surface area contributed by atoms with E-state index in [1.807, 2.05) is 0 Å². The van der Waals surface area contributed by atoms with E-state index in [0.29, 0.717) is 25.9 Å². The topological polar surface area (TPSA) is 116 Å². The quantitative estimate of drug-likeness (QED) is 0.646. The van der Waals surface area contributed by atoms with E-state index in [4.69, 9.17) is 5.11 Å². The fourth-order valence-corrected chi connectivity index (χ4v) is 2.57. The van der Waals surface area contributed by atoms with Crippen LogP contribution in [0.1, 0.15) is 32.6 Å². The van der Waals surface area contributed by atoms with Gasteiger partial charge < -0.3 is 15.3 Å². The Hall–Kier alpha value is -2.12. The van der Waals surface area contributed by atoms with E-state index in [9.17, 15) is 19.2 Å². The minimum atomic E-state index is -0.854. The smallest absolute Gasteiger partial charge is 0.322 e. The van der Waals surface area contributed by atoms with E-state index >= 15 is 0 Å². The maximum atomic E-state index is 12.4. The third kappa shape index (κ3) is 3.32. The normalized spacial score (nSPS) is 25.6. The van der Waals surface area contributed by atoms with Gasteiger partial charge in [-0.15, -0.1) is 0 Å². The van der Waals surface area contributed by atoms with Gasteiger partial charge in [0, 0.05) is 19.5 Å². The molecule has 116 valence electrons. The first-order valence-corrected chi connectivity index (χ1v) is 6.94. The summed E-state index contributed by atoms with van der Waals surface area (Å²) in [6, 6.07) is -1.39. The Labute approximate surface area is 121 Å². The number of piperidine rings is 1. The molecule has 0 bridgehead atoms. The monoisotopic (exact) mass is 297 g/mol. The van der Waals surface area contributed by atoms with Crippen LogP contribution in [0.5, 0.6) is 0 Å². The highest BCUT2D eigenvalue weighted by Crippen LogP contribution is 2.31. The number of carboxylic acid groups (broad SMARTS) is 1. The summed E-state index contributed by atoms with van der Waals surface area (Å²) in [6.45, 7) is 2.36. The first-order valence-electron chi connectivity index (χ1n) is 6.94. The van der Waals surface area contributed by atoms with Gasteiger partial charge in [-0.1, -0.05) is 0 Å². The lowest BCUT2D eigenvalue weighted by atomic mass is 9.80. The molecule has 4 amide bonds. The van der Waals surface area contributed by atoms with Crippen LogP contribution in [0.2, 0.25) is 0 Å². The van der Waals surface area contributed by atoms with Gasteiger partial charge >= 0.3 is 12.0 Å². The van der Waals surface area contributed by atoms with Gasteiger partial charge in [0.05, 0.1) is 5.41 Å². The standard InChI is InChI=1S/C13H19N3O5/c1-13(11(19)20)4-6-16(7-5-13)10(18)8-2-3-9(17)15-12(21)14-8/h8H,2-7H2,1H3,(H,19,20)(H2,14,15,17,21)/t8-/m0/s1. The molecule has 3 N–H and O–H groups in total. The van der Waals surface area contributed by atoms with Gasteiger partial charge in [0.15, 0.2) is 0 Å². The predicted octanol–water partition coefficient (Wildman–Crippen LogP) is -0.312. The van der Waals surface area contributed by atoms with Crippen molar-refractivity contribution < 1.29 is 24.3 Å². The number of hydrogen-bond donors (Lipinski definition) is 3. The molecule has 2 aliphatic rings. The van der Waals surface area contributed by atoms with E-state index in [1.165, 1.54) is 0 Å². The molecule has 0 aromatic rings. The maximum Gasteiger partial charge on any atom is 0.322 e. The van der Waals surface area contributed by atoms with Crippen LogP contribution in [-0.4, -0.2) is 53.0 Å². The fourth-order valence-electron chi connectivity index (χ4n) is 2.57. The molecular formula is C13H19N3O5. The van der Waals surface area contributed by atoms with Crippen LogP contribution in [0.4, 0.5) is 4.79 Å². The van der Waals surface area contributed by atoms with Crippen molar-refractivity contribution in [1.29, 1.82) is 0 Å². The lowest BCUT2D eigenvalue weighted by Gasteiger charge is -2.37. The van der Waals surface area contributed by atoms with Crippen LogP contribution in [-0.2, 0) is 14.4 Å². The van der Waals surface area contributed by atoms with E-state index in [1.54, 1.807) is 11.8 Å². The summed E-state index contributed by atoms with van der Waals surface area (Å²) >= 11 is 0. The first kappa shape index (κ1) is 15.3. The van der Waals surface area contributed by atoms with E-state index in [2.05, 4.69) is 10.6 Å². The minimum absolute atomic E-state index is 0.107. The Morgan fingerprint density at radius 3 is 2.48 bits per heavy atom. The second-order valence-corrected chi connectivity index (χ2v) is 5.80. The second-order valence-electron chi connectivity index (χ2n) is 5.80. The molecule has 0 saturated carbocycles. The molecule has 2 rings (SSSR count). The van der Waals surface area contributed by atoms with Gasteiger partial charge in [-0.3, -0.25) is 19.7 Å². The maximum absolute atomic E-state index is 12.4. The number of amides is 4. The molecular weight excluding hydrogens is 278 g/mol. The summed E-state index contributed by atoms with van der Waals surface area (Å²) in [7, 11) is 0. The van der Waals surface area contributed by atoms with Crippen molar-refractivity contribution in [3.63, 3.8) is 0 Å². The number of nitrogens with one attached hydrogen (secondary N) is 2. The van der Waals surface area contributed by atoms with E-state index < -0.39 is 29.4 Å². The number of imide groups is 1. The van der Waals surface area contributed by atoms with Crippen molar-refractivity contribution >= 4 is 23.8 Å². The molecule has 0 aromatic carbocycles. The summed E-state index contributed by atoms with van der Waals surface area (Å²) in [5.41, 5.74) is -0.805. The van der Waals surface area contributed by atoms with Crippen molar-refractivity contribution in [2.45, 2.75) is 38.6 Å². The van der Waals surface area contributed by atoms with Crippen molar-refractivity contribution in [3.8, 4) is 0 Å². The highest BCUT2D eigenvalue weighted by Gasteiger charge is 2.39. The average Bonchev–Trinajstić information content (AvgIpc) is 2.59. The Bertz CT molecular complexity index is 482. The van der Waals surface area contributed by atoms with Crippen molar-refractivity contribution in [2.75, 3.05) is 13.1 Å². The Morgan fingerprint density at radius 2 is 1.90 bits per heavy atom. The number of likely N-dealkylation sites (tertiary alicyclic amines) is 1. The number of urea groups is 1. The molecule has 2 saturated heterocycles. The molecule has 2 aliphatic heterocycles. The number of hydrogen-bond acceptors (Lipinski definition) is 4. The van der Waals surface area contributed by atoms with Crippen LogP contribution in [0, 0.1) is 5.41 Å². The van der Waals surface area contributed by atoms with Crippen LogP contribution >= 0.6 is 0 Å². The fraction of sp³-hybridized carbons (Fsp3) is 0.692. The summed E-state index contributed by atoms with van der Waals surface area (Å²) in [5.74, 6) is -1.51. The highest BCUT2D eigenvalue weighted by molar-refractivity contribution is 5.98. The molecule has 8 nitrogen and oxygen atoms in total. The minimum Gasteiger partial charge on any atom is -0.481 e. The van der Waals surface area contributed by atoms with Crippen LogP contribution in [0.3, 0.4) is 0 Å². The SMILES string of the molecule is CC1(C(=O)O)CCN(C(=O)[C@@H]2CCC(=O)NC(=O)N2)CC1. The summed E-state index contributed by atoms with van der Waals surface area (Å²) < 4.78 is 0. The Kier molecular flexibility index (Phi) is 4.15. The zero-order valence-electron chi connectivity index (χ0n) is 11.8. The lowest BCUT2D eigenvalue weighted by molar-refractivity contribution is -0.153. The number of nitrogens with zero attached hydrogens (tertiary/aromatic N) is 1. The van der Waals surface area contributed by atoms with Crippen molar-refractivity contribution in [2.24, 2.45) is 5.41 Å². The number of aliphatic carboxylic acids is 1. The third-order valence-corrected chi connectivity index (χ3v) is 4.21. The average molecular weight is 297 g/mol. The molecule has 1 atom stereocenters. The van der Waals surface area contributed by atoms with Crippen LogP contribution in [0.15, 0.2) is 0 Å². The number of carbonyl (C=O) groups excluding carboxylic acids is 3. The molecule has 0 aromatic heterocycles. The van der Waals surface area contributed by atoms with Crippen LogP contribution in [0.25, 0.3) is 0 Å². The van der Waals surface area contributed by atoms with Gasteiger partial charge in [-0.2, -0.15) is 0 Å². The zero-order chi connectivity index (χ0) is 15.6. The zero-order valence-corrected chi connectivity index (χ0v) is 11.8. The van der Waals surface area contributed by atoms with E-state index in [0.717, 1.165) is 0 Å². The molecule has 21 heavy (non-hydrogen) atoms. The summed E-state index contributed by atoms with van der Waals surface area (Å²) in [6.07, 6.45) is 1.12. The van der Waals surface area contributed by atoms with Gasteiger partial charge in [0.1, 0.15) is 6.04 Å². The van der Waals surface area contributed by atoms with Gasteiger partial charge in [-0.25, -0.2) is 4.79 Å². The molecule has 2 fully saturated rings. The molecule has 2 heterocycles. The summed E-state index contributed by atoms with van der Waals surface area (Å²) in [5, 5.41) is 13.8. The molecule has 0 radical (unpaired) electrons. The number of carbonyl (C=O) groups is 4.